The predicted molar refractivity (Wildman–Crippen MR) is 91.4 cm³/mol. The molecular weight excluding hydrogens is 345 g/mol. The van der Waals surface area contributed by atoms with Gasteiger partial charge in [-0.2, -0.15) is 12.6 Å². The highest BCUT2D eigenvalue weighted by Gasteiger charge is 2.24. The lowest BCUT2D eigenvalue weighted by Crippen LogP contribution is -2.35. The molecule has 2 rings (SSSR count). The van der Waals surface area contributed by atoms with E-state index in [0.717, 1.165) is 6.20 Å². The van der Waals surface area contributed by atoms with E-state index in [4.69, 9.17) is 11.6 Å². The van der Waals surface area contributed by atoms with Gasteiger partial charge < -0.3 is 4.90 Å². The standard InChI is InChI=1S/C14H15ClFN3OS2/c1-3-19(13(20)8(2)7-21)14-11(15)18-12(22-14)9-4-10(16)6-17-5-9/h4-6,8,21H,3,7H2,1-2H3. The zero-order chi connectivity index (χ0) is 16.3. The second kappa shape index (κ2) is 7.39. The number of aromatic nitrogens is 2. The number of hydrogen-bond acceptors (Lipinski definition) is 5. The molecule has 4 nitrogen and oxygen atoms in total. The van der Waals surface area contributed by atoms with Crippen LogP contribution in [0.3, 0.4) is 0 Å². The lowest BCUT2D eigenvalue weighted by atomic mass is 10.2. The van der Waals surface area contributed by atoms with Crippen molar-refractivity contribution in [3.05, 3.63) is 29.4 Å². The molecule has 0 aliphatic carbocycles. The fourth-order valence-electron chi connectivity index (χ4n) is 1.86. The summed E-state index contributed by atoms with van der Waals surface area (Å²) in [7, 11) is 0. The van der Waals surface area contributed by atoms with Gasteiger partial charge in [0.15, 0.2) is 5.15 Å². The van der Waals surface area contributed by atoms with Crippen LogP contribution in [-0.4, -0.2) is 28.2 Å². The van der Waals surface area contributed by atoms with E-state index in [1.807, 2.05) is 13.8 Å². The van der Waals surface area contributed by atoms with E-state index in [1.165, 1.54) is 23.6 Å². The molecule has 0 aliphatic rings. The van der Waals surface area contributed by atoms with Crippen LogP contribution in [0.15, 0.2) is 18.5 Å². The zero-order valence-electron chi connectivity index (χ0n) is 12.1. The van der Waals surface area contributed by atoms with Gasteiger partial charge in [0.05, 0.1) is 6.20 Å². The van der Waals surface area contributed by atoms with Crippen molar-refractivity contribution >= 4 is 46.5 Å². The molecule has 0 spiro atoms. The Morgan fingerprint density at radius 3 is 2.86 bits per heavy atom. The predicted octanol–water partition coefficient (Wildman–Crippen LogP) is 3.92. The van der Waals surface area contributed by atoms with Gasteiger partial charge in [0.2, 0.25) is 5.91 Å². The van der Waals surface area contributed by atoms with Gasteiger partial charge in [0, 0.05) is 30.0 Å². The molecule has 2 aromatic heterocycles. The highest BCUT2D eigenvalue weighted by atomic mass is 35.5. The minimum atomic E-state index is -0.447. The molecule has 0 N–H and O–H groups in total. The second-order valence-corrected chi connectivity index (χ2v) is 6.37. The molecule has 0 aromatic carbocycles. The third kappa shape index (κ3) is 3.59. The molecule has 2 aromatic rings. The fourth-order valence-corrected chi connectivity index (χ4v) is 3.37. The van der Waals surface area contributed by atoms with E-state index < -0.39 is 5.82 Å². The lowest BCUT2D eigenvalue weighted by Gasteiger charge is -2.22. The molecule has 0 bridgehead atoms. The molecule has 1 atom stereocenters. The molecule has 1 amide bonds. The van der Waals surface area contributed by atoms with Gasteiger partial charge >= 0.3 is 0 Å². The number of pyridine rings is 1. The Balaban J connectivity index is 2.38. The van der Waals surface area contributed by atoms with Gasteiger partial charge in [-0.15, -0.1) is 0 Å². The number of nitrogens with zero attached hydrogens (tertiary/aromatic N) is 3. The summed E-state index contributed by atoms with van der Waals surface area (Å²) in [6, 6.07) is 1.33. The summed E-state index contributed by atoms with van der Waals surface area (Å²) in [6.45, 7) is 4.15. The van der Waals surface area contributed by atoms with E-state index >= 15 is 0 Å². The van der Waals surface area contributed by atoms with E-state index in [9.17, 15) is 9.18 Å². The normalized spacial score (nSPS) is 12.2. The fraction of sp³-hybridized carbons (Fsp3) is 0.357. The van der Waals surface area contributed by atoms with Crippen LogP contribution in [0.4, 0.5) is 9.39 Å². The summed E-state index contributed by atoms with van der Waals surface area (Å²) in [5, 5.41) is 1.31. The first-order valence-corrected chi connectivity index (χ1v) is 8.50. The van der Waals surface area contributed by atoms with Crippen molar-refractivity contribution in [2.75, 3.05) is 17.2 Å². The Morgan fingerprint density at radius 1 is 1.55 bits per heavy atom. The van der Waals surface area contributed by atoms with Crippen LogP contribution in [0.2, 0.25) is 5.15 Å². The largest absolute Gasteiger partial charge is 0.301 e. The Bertz CT molecular complexity index is 680. The topological polar surface area (TPSA) is 46.1 Å². The Morgan fingerprint density at radius 2 is 2.27 bits per heavy atom. The summed E-state index contributed by atoms with van der Waals surface area (Å²) >= 11 is 11.6. The Labute approximate surface area is 142 Å². The van der Waals surface area contributed by atoms with Crippen LogP contribution in [0.25, 0.3) is 10.6 Å². The average molecular weight is 360 g/mol. The molecule has 0 aliphatic heterocycles. The van der Waals surface area contributed by atoms with Gasteiger partial charge in [-0.25, -0.2) is 9.37 Å². The number of hydrogen-bond donors (Lipinski definition) is 1. The zero-order valence-corrected chi connectivity index (χ0v) is 14.6. The van der Waals surface area contributed by atoms with Crippen molar-refractivity contribution in [1.82, 2.24) is 9.97 Å². The van der Waals surface area contributed by atoms with E-state index in [1.54, 1.807) is 4.90 Å². The highest BCUT2D eigenvalue weighted by Crippen LogP contribution is 2.38. The van der Waals surface area contributed by atoms with Crippen molar-refractivity contribution in [2.45, 2.75) is 13.8 Å². The summed E-state index contributed by atoms with van der Waals surface area (Å²) < 4.78 is 13.3. The van der Waals surface area contributed by atoms with Crippen molar-refractivity contribution in [3.8, 4) is 10.6 Å². The monoisotopic (exact) mass is 359 g/mol. The first-order chi connectivity index (χ1) is 10.5. The first-order valence-electron chi connectivity index (χ1n) is 6.67. The minimum absolute atomic E-state index is 0.0630. The maximum atomic E-state index is 13.3. The second-order valence-electron chi connectivity index (χ2n) is 4.67. The average Bonchev–Trinajstić information content (AvgIpc) is 2.89. The Kier molecular flexibility index (Phi) is 5.77. The van der Waals surface area contributed by atoms with Gasteiger partial charge in [-0.1, -0.05) is 29.9 Å². The molecule has 8 heteroatoms. The van der Waals surface area contributed by atoms with Crippen molar-refractivity contribution < 1.29 is 9.18 Å². The third-order valence-corrected chi connectivity index (χ3v) is 5.09. The molecule has 118 valence electrons. The summed E-state index contributed by atoms with van der Waals surface area (Å²) in [6.07, 6.45) is 2.63. The number of halogens is 2. The number of anilines is 1. The molecule has 0 radical (unpaired) electrons. The van der Waals surface area contributed by atoms with E-state index in [-0.39, 0.29) is 17.0 Å². The number of carbonyl (C=O) groups is 1. The summed E-state index contributed by atoms with van der Waals surface area (Å²) in [5.74, 6) is -0.280. The van der Waals surface area contributed by atoms with Crippen molar-refractivity contribution in [3.63, 3.8) is 0 Å². The number of thiol groups is 1. The van der Waals surface area contributed by atoms with Crippen molar-refractivity contribution in [1.29, 1.82) is 0 Å². The van der Waals surface area contributed by atoms with Crippen LogP contribution < -0.4 is 4.90 Å². The number of amides is 1. The quantitative estimate of drug-likeness (QED) is 0.823. The highest BCUT2D eigenvalue weighted by molar-refractivity contribution is 7.80. The molecule has 0 fully saturated rings. The van der Waals surface area contributed by atoms with Gasteiger partial charge in [-0.05, 0) is 13.0 Å². The molecule has 22 heavy (non-hydrogen) atoms. The van der Waals surface area contributed by atoms with E-state index in [2.05, 4.69) is 22.6 Å². The molecule has 2 heterocycles. The summed E-state index contributed by atoms with van der Waals surface area (Å²) in [5.41, 5.74) is 0.531. The maximum Gasteiger partial charge on any atom is 0.231 e. The SMILES string of the molecule is CCN(C(=O)C(C)CS)c1sc(-c2cncc(F)c2)nc1Cl. The number of rotatable bonds is 5. The third-order valence-electron chi connectivity index (χ3n) is 3.04. The van der Waals surface area contributed by atoms with Crippen LogP contribution in [0.5, 0.6) is 0 Å². The van der Waals surface area contributed by atoms with Crippen molar-refractivity contribution in [2.24, 2.45) is 5.92 Å². The van der Waals surface area contributed by atoms with Gasteiger partial charge in [0.25, 0.3) is 0 Å². The molecule has 0 saturated carbocycles. The smallest absolute Gasteiger partial charge is 0.231 e. The lowest BCUT2D eigenvalue weighted by molar-refractivity contribution is -0.121. The summed E-state index contributed by atoms with van der Waals surface area (Å²) in [4.78, 5) is 22.0. The van der Waals surface area contributed by atoms with Crippen LogP contribution in [0, 0.1) is 11.7 Å². The number of carbonyl (C=O) groups excluding carboxylic acids is 1. The minimum Gasteiger partial charge on any atom is -0.301 e. The van der Waals surface area contributed by atoms with Gasteiger partial charge in [-0.3, -0.25) is 9.78 Å². The molecule has 0 saturated heterocycles. The van der Waals surface area contributed by atoms with Crippen LogP contribution in [-0.2, 0) is 4.79 Å². The Hall–Kier alpha value is -1.18. The van der Waals surface area contributed by atoms with Crippen LogP contribution >= 0.6 is 35.6 Å². The first kappa shape index (κ1) is 17.2. The number of thiazole rings is 1. The molecular formula is C14H15ClFN3OS2. The van der Waals surface area contributed by atoms with E-state index in [0.29, 0.717) is 27.9 Å². The maximum absolute atomic E-state index is 13.3. The molecule has 1 unspecified atom stereocenters. The van der Waals surface area contributed by atoms with Gasteiger partial charge in [0.1, 0.15) is 15.8 Å². The van der Waals surface area contributed by atoms with Crippen LogP contribution in [0.1, 0.15) is 13.8 Å².